The topological polar surface area (TPSA) is 51.0 Å². The molecule has 6 heteroatoms. The van der Waals surface area contributed by atoms with Crippen LogP contribution in [0.2, 0.25) is 0 Å². The van der Waals surface area contributed by atoms with Gasteiger partial charge in [0.05, 0.1) is 11.5 Å². The van der Waals surface area contributed by atoms with Gasteiger partial charge in [-0.15, -0.1) is 21.5 Å². The lowest BCUT2D eigenvalue weighted by atomic mass is 10.2. The van der Waals surface area contributed by atoms with E-state index in [1.54, 1.807) is 13.0 Å². The van der Waals surface area contributed by atoms with Crippen molar-refractivity contribution in [3.8, 4) is 0 Å². The standard InChI is InChI=1S/C16H15ClN2O2S/c1-2-21-16(20)15(13-9-6-10-22-13)19-18-14(17)11-12-7-4-3-5-8-12/h3-10H,2,11H2,1H3. The largest absolute Gasteiger partial charge is 0.461 e. The molecule has 1 heterocycles. The Bertz CT molecular complexity index is 667. The molecule has 4 nitrogen and oxygen atoms in total. The van der Waals surface area contributed by atoms with Crippen LogP contribution in [0.15, 0.2) is 58.0 Å². The van der Waals surface area contributed by atoms with Crippen molar-refractivity contribution in [2.24, 2.45) is 10.2 Å². The van der Waals surface area contributed by atoms with Gasteiger partial charge in [0.1, 0.15) is 5.17 Å². The molecule has 0 aliphatic rings. The number of rotatable bonds is 6. The Morgan fingerprint density at radius 1 is 1.18 bits per heavy atom. The summed E-state index contributed by atoms with van der Waals surface area (Å²) in [6, 6.07) is 13.3. The number of halogens is 1. The molecule has 0 spiro atoms. The molecule has 2 rings (SSSR count). The first-order valence-electron chi connectivity index (χ1n) is 6.75. The molecule has 1 aromatic carbocycles. The summed E-state index contributed by atoms with van der Waals surface area (Å²) in [5, 5.41) is 10.1. The summed E-state index contributed by atoms with van der Waals surface area (Å²) < 4.78 is 5.00. The number of benzene rings is 1. The Hall–Kier alpha value is -1.98. The Balaban J connectivity index is 2.18. The van der Waals surface area contributed by atoms with Gasteiger partial charge >= 0.3 is 5.97 Å². The third kappa shape index (κ3) is 4.79. The van der Waals surface area contributed by atoms with Gasteiger partial charge in [-0.25, -0.2) is 4.79 Å². The van der Waals surface area contributed by atoms with Crippen molar-refractivity contribution >= 4 is 39.8 Å². The molecular formula is C16H15ClN2O2S. The van der Waals surface area contributed by atoms with Gasteiger partial charge in [0.25, 0.3) is 0 Å². The van der Waals surface area contributed by atoms with E-state index in [2.05, 4.69) is 10.2 Å². The molecule has 0 unspecified atom stereocenters. The lowest BCUT2D eigenvalue weighted by Gasteiger charge is -2.02. The normalized spacial score (nSPS) is 12.3. The second kappa shape index (κ2) is 8.46. The van der Waals surface area contributed by atoms with Crippen LogP contribution in [0, 0.1) is 0 Å². The minimum Gasteiger partial charge on any atom is -0.461 e. The van der Waals surface area contributed by atoms with E-state index >= 15 is 0 Å². The van der Waals surface area contributed by atoms with Crippen molar-refractivity contribution in [3.05, 3.63) is 58.3 Å². The number of carbonyl (C=O) groups excluding carboxylic acids is 1. The van der Waals surface area contributed by atoms with Gasteiger partial charge in [0, 0.05) is 6.42 Å². The van der Waals surface area contributed by atoms with Crippen molar-refractivity contribution in [3.63, 3.8) is 0 Å². The number of thiophene rings is 1. The second-order valence-corrected chi connectivity index (χ2v) is 5.67. The summed E-state index contributed by atoms with van der Waals surface area (Å²) in [6.07, 6.45) is 0.465. The molecule has 0 radical (unpaired) electrons. The van der Waals surface area contributed by atoms with Crippen molar-refractivity contribution in [2.45, 2.75) is 13.3 Å². The number of carbonyl (C=O) groups is 1. The highest BCUT2D eigenvalue weighted by molar-refractivity contribution is 7.13. The fourth-order valence-corrected chi connectivity index (χ4v) is 2.60. The van der Waals surface area contributed by atoms with Gasteiger partial charge in [0.15, 0.2) is 5.71 Å². The van der Waals surface area contributed by atoms with Gasteiger partial charge < -0.3 is 4.74 Å². The maximum Gasteiger partial charge on any atom is 0.360 e. The molecule has 0 amide bonds. The highest BCUT2D eigenvalue weighted by Crippen LogP contribution is 2.12. The average molecular weight is 335 g/mol. The van der Waals surface area contributed by atoms with Gasteiger partial charge in [-0.05, 0) is 23.9 Å². The van der Waals surface area contributed by atoms with E-state index in [0.717, 1.165) is 5.56 Å². The predicted molar refractivity (Wildman–Crippen MR) is 90.9 cm³/mol. The molecule has 0 aliphatic heterocycles. The fourth-order valence-electron chi connectivity index (χ4n) is 1.71. The lowest BCUT2D eigenvalue weighted by Crippen LogP contribution is -2.17. The maximum atomic E-state index is 12.0. The van der Waals surface area contributed by atoms with E-state index in [-0.39, 0.29) is 12.3 Å². The van der Waals surface area contributed by atoms with Gasteiger partial charge in [-0.3, -0.25) is 0 Å². The van der Waals surface area contributed by atoms with Crippen LogP contribution >= 0.6 is 22.9 Å². The molecule has 0 fully saturated rings. The zero-order valence-electron chi connectivity index (χ0n) is 12.0. The van der Waals surface area contributed by atoms with E-state index in [4.69, 9.17) is 16.3 Å². The van der Waals surface area contributed by atoms with E-state index < -0.39 is 5.97 Å². The van der Waals surface area contributed by atoms with Crippen molar-refractivity contribution in [2.75, 3.05) is 6.61 Å². The SMILES string of the molecule is CCOC(=O)C(=NN=C(Cl)Cc1ccccc1)c1cccs1. The Morgan fingerprint density at radius 3 is 2.59 bits per heavy atom. The van der Waals surface area contributed by atoms with Gasteiger partial charge in [-0.1, -0.05) is 48.0 Å². The zero-order chi connectivity index (χ0) is 15.8. The number of nitrogens with zero attached hydrogens (tertiary/aromatic N) is 2. The van der Waals surface area contributed by atoms with Crippen LogP contribution in [-0.2, 0) is 16.0 Å². The van der Waals surface area contributed by atoms with E-state index in [1.165, 1.54) is 11.3 Å². The van der Waals surface area contributed by atoms with E-state index in [0.29, 0.717) is 16.5 Å². The summed E-state index contributed by atoms with van der Waals surface area (Å²) in [4.78, 5) is 12.7. The van der Waals surface area contributed by atoms with Crippen molar-refractivity contribution < 1.29 is 9.53 Å². The molecule has 2 aromatic rings. The summed E-state index contributed by atoms with van der Waals surface area (Å²) in [5.41, 5.74) is 1.20. The third-order valence-electron chi connectivity index (χ3n) is 2.67. The van der Waals surface area contributed by atoms with E-state index in [9.17, 15) is 4.79 Å². The number of ether oxygens (including phenoxy) is 1. The van der Waals surface area contributed by atoms with Crippen LogP contribution in [0.4, 0.5) is 0 Å². The molecular weight excluding hydrogens is 320 g/mol. The first-order chi connectivity index (χ1) is 10.7. The average Bonchev–Trinajstić information content (AvgIpc) is 3.03. The Labute approximate surface area is 138 Å². The first kappa shape index (κ1) is 16.4. The number of hydrogen-bond acceptors (Lipinski definition) is 5. The van der Waals surface area contributed by atoms with Crippen molar-refractivity contribution in [1.29, 1.82) is 0 Å². The highest BCUT2D eigenvalue weighted by atomic mass is 35.5. The van der Waals surface area contributed by atoms with Crippen LogP contribution < -0.4 is 0 Å². The molecule has 114 valence electrons. The number of hydrogen-bond donors (Lipinski definition) is 0. The molecule has 0 atom stereocenters. The molecule has 0 saturated carbocycles. The van der Waals surface area contributed by atoms with Crippen LogP contribution in [-0.4, -0.2) is 23.5 Å². The Kier molecular flexibility index (Phi) is 6.30. The lowest BCUT2D eigenvalue weighted by molar-refractivity contribution is -0.134. The predicted octanol–water partition coefficient (Wildman–Crippen LogP) is 3.90. The van der Waals surface area contributed by atoms with Crippen molar-refractivity contribution in [1.82, 2.24) is 0 Å². The summed E-state index contributed by atoms with van der Waals surface area (Å²) in [5.74, 6) is -0.502. The second-order valence-electron chi connectivity index (χ2n) is 4.29. The van der Waals surface area contributed by atoms with Crippen LogP contribution in [0.25, 0.3) is 0 Å². The zero-order valence-corrected chi connectivity index (χ0v) is 13.6. The first-order valence-corrected chi connectivity index (χ1v) is 8.01. The van der Waals surface area contributed by atoms with Crippen LogP contribution in [0.5, 0.6) is 0 Å². The maximum absolute atomic E-state index is 12.0. The minimum absolute atomic E-state index is 0.170. The monoisotopic (exact) mass is 334 g/mol. The molecule has 0 bridgehead atoms. The van der Waals surface area contributed by atoms with E-state index in [1.807, 2.05) is 41.8 Å². The fraction of sp³-hybridized carbons (Fsp3) is 0.188. The van der Waals surface area contributed by atoms with Gasteiger partial charge in [-0.2, -0.15) is 0 Å². The van der Waals surface area contributed by atoms with Gasteiger partial charge in [0.2, 0.25) is 0 Å². The summed E-state index contributed by atoms with van der Waals surface area (Å²) >= 11 is 7.49. The van der Waals surface area contributed by atoms with Crippen LogP contribution in [0.1, 0.15) is 17.4 Å². The third-order valence-corrected chi connectivity index (χ3v) is 3.76. The molecule has 0 saturated heterocycles. The molecule has 0 N–H and O–H groups in total. The number of esters is 1. The summed E-state index contributed by atoms with van der Waals surface area (Å²) in [6.45, 7) is 2.03. The quantitative estimate of drug-likeness (QED) is 0.457. The molecule has 0 aliphatic carbocycles. The molecule has 1 aromatic heterocycles. The minimum atomic E-state index is -0.502. The molecule has 22 heavy (non-hydrogen) atoms. The highest BCUT2D eigenvalue weighted by Gasteiger charge is 2.16. The van der Waals surface area contributed by atoms with Crippen LogP contribution in [0.3, 0.4) is 0 Å². The Morgan fingerprint density at radius 2 is 1.95 bits per heavy atom. The summed E-state index contributed by atoms with van der Waals surface area (Å²) in [7, 11) is 0. The smallest absolute Gasteiger partial charge is 0.360 e.